The predicted molar refractivity (Wildman–Crippen MR) is 129 cm³/mol. The second-order valence-corrected chi connectivity index (χ2v) is 7.73. The van der Waals surface area contributed by atoms with Crippen molar-refractivity contribution < 1.29 is 28.2 Å². The van der Waals surface area contributed by atoms with E-state index in [9.17, 15) is 18.8 Å². The quantitative estimate of drug-likeness (QED) is 0.391. The van der Waals surface area contributed by atoms with E-state index in [2.05, 4.69) is 10.6 Å². The third kappa shape index (κ3) is 7.85. The molecule has 8 nitrogen and oxygen atoms in total. The fourth-order valence-corrected chi connectivity index (χ4v) is 3.25. The molecule has 0 fully saturated rings. The number of hydrogen-bond donors (Lipinski definition) is 3. The van der Waals surface area contributed by atoms with E-state index in [-0.39, 0.29) is 31.3 Å². The lowest BCUT2D eigenvalue weighted by Gasteiger charge is -2.15. The van der Waals surface area contributed by atoms with E-state index in [1.807, 2.05) is 0 Å². The molecule has 0 aromatic heterocycles. The van der Waals surface area contributed by atoms with Crippen LogP contribution in [-0.4, -0.2) is 38.0 Å². The van der Waals surface area contributed by atoms with Crippen molar-refractivity contribution in [3.63, 3.8) is 0 Å². The van der Waals surface area contributed by atoms with Crippen LogP contribution in [0.1, 0.15) is 15.9 Å². The zero-order valence-corrected chi connectivity index (χ0v) is 19.1. The number of carbonyl (C=O) groups is 3. The Morgan fingerprint density at radius 2 is 1.69 bits per heavy atom. The lowest BCUT2D eigenvalue weighted by Crippen LogP contribution is -2.37. The number of amides is 3. The first kappa shape index (κ1) is 25.2. The summed E-state index contributed by atoms with van der Waals surface area (Å²) in [4.78, 5) is 36.4. The Hall–Kier alpha value is -4.40. The number of benzene rings is 3. The van der Waals surface area contributed by atoms with Crippen LogP contribution in [0.3, 0.4) is 0 Å². The van der Waals surface area contributed by atoms with Crippen LogP contribution in [0, 0.1) is 11.7 Å². The minimum Gasteiger partial charge on any atom is -0.497 e. The topological polar surface area (TPSA) is 120 Å². The summed E-state index contributed by atoms with van der Waals surface area (Å²) in [5.41, 5.74) is 7.13. The molecule has 3 amide bonds. The second-order valence-electron chi connectivity index (χ2n) is 7.73. The largest absolute Gasteiger partial charge is 0.497 e. The minimum atomic E-state index is -0.643. The van der Waals surface area contributed by atoms with Crippen molar-refractivity contribution in [2.75, 3.05) is 25.6 Å². The number of nitrogens with two attached hydrogens (primary N) is 1. The number of rotatable bonds is 11. The molecule has 4 N–H and O–H groups in total. The molecule has 0 radical (unpaired) electrons. The van der Waals surface area contributed by atoms with Gasteiger partial charge in [-0.2, -0.15) is 0 Å². The number of hydrogen-bond acceptors (Lipinski definition) is 5. The first-order valence-electron chi connectivity index (χ1n) is 10.8. The Kier molecular flexibility index (Phi) is 8.77. The van der Waals surface area contributed by atoms with Gasteiger partial charge in [0, 0.05) is 23.9 Å². The molecule has 3 aromatic carbocycles. The van der Waals surface area contributed by atoms with Crippen molar-refractivity contribution >= 4 is 23.4 Å². The van der Waals surface area contributed by atoms with Crippen molar-refractivity contribution in [3.8, 4) is 11.5 Å². The molecule has 0 aliphatic rings. The number of halogens is 1. The zero-order chi connectivity index (χ0) is 25.2. The molecular weight excluding hydrogens is 453 g/mol. The van der Waals surface area contributed by atoms with Gasteiger partial charge in [-0.15, -0.1) is 0 Å². The van der Waals surface area contributed by atoms with Gasteiger partial charge in [0.15, 0.2) is 6.61 Å². The highest BCUT2D eigenvalue weighted by molar-refractivity contribution is 5.94. The van der Waals surface area contributed by atoms with Gasteiger partial charge in [-0.25, -0.2) is 4.39 Å². The fourth-order valence-electron chi connectivity index (χ4n) is 3.25. The molecule has 182 valence electrons. The standard InChI is InChI=1S/C26H26FN3O5/c1-34-23-4-2-3-21(14-23)30-24(31)16-35-22-11-7-18(8-12-22)26(33)29-15-19(25(28)32)13-17-5-9-20(27)10-6-17/h2-12,14,19H,13,15-16H2,1H3,(H2,28,32)(H,29,33)(H,30,31). The zero-order valence-electron chi connectivity index (χ0n) is 19.1. The first-order valence-corrected chi connectivity index (χ1v) is 10.8. The highest BCUT2D eigenvalue weighted by atomic mass is 19.1. The molecule has 3 aromatic rings. The summed E-state index contributed by atoms with van der Waals surface area (Å²) in [6.45, 7) is -0.180. The maximum Gasteiger partial charge on any atom is 0.262 e. The monoisotopic (exact) mass is 479 g/mol. The van der Waals surface area contributed by atoms with Gasteiger partial charge in [0.25, 0.3) is 11.8 Å². The molecule has 9 heteroatoms. The molecule has 0 saturated heterocycles. The maximum atomic E-state index is 13.1. The summed E-state index contributed by atoms with van der Waals surface area (Å²) in [6.07, 6.45) is 0.278. The number of anilines is 1. The van der Waals surface area contributed by atoms with Crippen molar-refractivity contribution in [1.82, 2.24) is 5.32 Å². The Balaban J connectivity index is 1.48. The molecule has 1 atom stereocenters. The average molecular weight is 480 g/mol. The van der Waals surface area contributed by atoms with Crippen LogP contribution in [-0.2, 0) is 16.0 Å². The normalized spacial score (nSPS) is 11.3. The third-order valence-electron chi connectivity index (χ3n) is 5.15. The molecule has 0 aliphatic heterocycles. The number of nitrogens with one attached hydrogen (secondary N) is 2. The van der Waals surface area contributed by atoms with Gasteiger partial charge in [-0.1, -0.05) is 18.2 Å². The van der Waals surface area contributed by atoms with Crippen molar-refractivity contribution in [2.45, 2.75) is 6.42 Å². The molecule has 0 aliphatic carbocycles. The van der Waals surface area contributed by atoms with E-state index in [4.69, 9.17) is 15.2 Å². The van der Waals surface area contributed by atoms with Gasteiger partial charge in [0.05, 0.1) is 13.0 Å². The molecule has 3 rings (SSSR count). The Labute approximate surface area is 202 Å². The van der Waals surface area contributed by atoms with Crippen molar-refractivity contribution in [3.05, 3.63) is 89.7 Å². The Morgan fingerprint density at radius 3 is 2.34 bits per heavy atom. The first-order chi connectivity index (χ1) is 16.8. The van der Waals surface area contributed by atoms with E-state index in [1.54, 1.807) is 60.7 Å². The van der Waals surface area contributed by atoms with E-state index >= 15 is 0 Å². The molecule has 0 spiro atoms. The van der Waals surface area contributed by atoms with Crippen LogP contribution in [0.5, 0.6) is 11.5 Å². The summed E-state index contributed by atoms with van der Waals surface area (Å²) in [7, 11) is 1.54. The highest BCUT2D eigenvalue weighted by Gasteiger charge is 2.18. The van der Waals surface area contributed by atoms with Gasteiger partial charge in [0.2, 0.25) is 5.91 Å². The highest BCUT2D eigenvalue weighted by Crippen LogP contribution is 2.17. The van der Waals surface area contributed by atoms with E-state index in [1.165, 1.54) is 19.2 Å². The SMILES string of the molecule is COc1cccc(NC(=O)COc2ccc(C(=O)NCC(Cc3ccc(F)cc3)C(N)=O)cc2)c1. The number of methoxy groups -OCH3 is 1. The number of ether oxygens (including phenoxy) is 2. The minimum absolute atomic E-state index is 0.0359. The van der Waals surface area contributed by atoms with Crippen LogP contribution in [0.2, 0.25) is 0 Å². The number of carbonyl (C=O) groups excluding carboxylic acids is 3. The molecule has 0 heterocycles. The molecule has 0 bridgehead atoms. The summed E-state index contributed by atoms with van der Waals surface area (Å²) in [6, 6.07) is 18.9. The maximum absolute atomic E-state index is 13.1. The van der Waals surface area contributed by atoms with Crippen LogP contribution in [0.25, 0.3) is 0 Å². The Morgan fingerprint density at radius 1 is 0.971 bits per heavy atom. The van der Waals surface area contributed by atoms with Crippen LogP contribution in [0.15, 0.2) is 72.8 Å². The molecule has 0 saturated carbocycles. The van der Waals surface area contributed by atoms with Crippen LogP contribution in [0.4, 0.5) is 10.1 Å². The number of primary amides is 1. The van der Waals surface area contributed by atoms with Gasteiger partial charge < -0.3 is 25.8 Å². The van der Waals surface area contributed by atoms with Crippen molar-refractivity contribution in [2.24, 2.45) is 11.7 Å². The van der Waals surface area contributed by atoms with Gasteiger partial charge >= 0.3 is 0 Å². The molecular formula is C26H26FN3O5. The van der Waals surface area contributed by atoms with Gasteiger partial charge in [0.1, 0.15) is 17.3 Å². The summed E-state index contributed by atoms with van der Waals surface area (Å²) in [5, 5.41) is 5.40. The van der Waals surface area contributed by atoms with Crippen LogP contribution >= 0.6 is 0 Å². The smallest absolute Gasteiger partial charge is 0.262 e. The second kappa shape index (κ2) is 12.2. The molecule has 35 heavy (non-hydrogen) atoms. The van der Waals surface area contributed by atoms with E-state index < -0.39 is 17.7 Å². The molecule has 1 unspecified atom stereocenters. The van der Waals surface area contributed by atoms with E-state index in [0.717, 1.165) is 5.56 Å². The third-order valence-corrected chi connectivity index (χ3v) is 5.15. The Bertz CT molecular complexity index is 1170. The predicted octanol–water partition coefficient (Wildman–Crippen LogP) is 2.93. The van der Waals surface area contributed by atoms with Gasteiger partial charge in [-0.3, -0.25) is 14.4 Å². The van der Waals surface area contributed by atoms with Gasteiger partial charge in [-0.05, 0) is 60.5 Å². The average Bonchev–Trinajstić information content (AvgIpc) is 2.86. The lowest BCUT2D eigenvalue weighted by molar-refractivity contribution is -0.121. The summed E-state index contributed by atoms with van der Waals surface area (Å²) >= 11 is 0. The lowest BCUT2D eigenvalue weighted by atomic mass is 9.98. The summed E-state index contributed by atoms with van der Waals surface area (Å²) < 4.78 is 23.7. The van der Waals surface area contributed by atoms with E-state index in [0.29, 0.717) is 22.7 Å². The van der Waals surface area contributed by atoms with Crippen LogP contribution < -0.4 is 25.8 Å². The fraction of sp³-hybridized carbons (Fsp3) is 0.192. The van der Waals surface area contributed by atoms with Crippen molar-refractivity contribution in [1.29, 1.82) is 0 Å². The summed E-state index contributed by atoms with van der Waals surface area (Å²) in [5.74, 6) is -1.29.